The van der Waals surface area contributed by atoms with Gasteiger partial charge in [-0.25, -0.2) is 0 Å². The van der Waals surface area contributed by atoms with Crippen LogP contribution in [0.2, 0.25) is 0 Å². The molecule has 0 aliphatic carbocycles. The molecule has 0 bridgehead atoms. The van der Waals surface area contributed by atoms with E-state index >= 15 is 0 Å². The third kappa shape index (κ3) is 2.84. The Labute approximate surface area is 112 Å². The zero-order valence-electron chi connectivity index (χ0n) is 11.2. The molecule has 0 fully saturated rings. The molecule has 0 N–H and O–H groups in total. The van der Waals surface area contributed by atoms with Crippen molar-refractivity contribution in [2.24, 2.45) is 0 Å². The van der Waals surface area contributed by atoms with Crippen LogP contribution in [0.1, 0.15) is 30.6 Å². The molecule has 1 aromatic heterocycles. The number of ketones is 1. The number of hydrogen-bond acceptors (Lipinski definition) is 3. The Morgan fingerprint density at radius 1 is 1.26 bits per heavy atom. The van der Waals surface area contributed by atoms with Crippen molar-refractivity contribution in [3.8, 4) is 0 Å². The van der Waals surface area contributed by atoms with Crippen LogP contribution in [-0.4, -0.2) is 22.9 Å². The number of aryl methyl sites for hydroxylation is 1. The van der Waals surface area contributed by atoms with Crippen LogP contribution in [0.15, 0.2) is 30.5 Å². The fourth-order valence-corrected chi connectivity index (χ4v) is 2.16. The molecule has 0 unspecified atom stereocenters. The summed E-state index contributed by atoms with van der Waals surface area (Å²) in [6.07, 6.45) is 2.12. The lowest BCUT2D eigenvalue weighted by Gasteiger charge is -2.04. The van der Waals surface area contributed by atoms with Crippen molar-refractivity contribution < 1.29 is 14.3 Å². The van der Waals surface area contributed by atoms with Crippen LogP contribution in [0.3, 0.4) is 0 Å². The van der Waals surface area contributed by atoms with Crippen molar-refractivity contribution >= 4 is 22.7 Å². The van der Waals surface area contributed by atoms with Gasteiger partial charge in [-0.2, -0.15) is 0 Å². The number of rotatable bonds is 5. The third-order valence-corrected chi connectivity index (χ3v) is 3.03. The zero-order chi connectivity index (χ0) is 13.8. The number of carbonyl (C=O) groups excluding carboxylic acids is 2. The average molecular weight is 259 g/mol. The smallest absolute Gasteiger partial charge is 0.307 e. The van der Waals surface area contributed by atoms with Crippen molar-refractivity contribution in [1.82, 2.24) is 4.57 Å². The summed E-state index contributed by atoms with van der Waals surface area (Å²) >= 11 is 0. The monoisotopic (exact) mass is 259 g/mol. The van der Waals surface area contributed by atoms with E-state index in [2.05, 4.69) is 0 Å². The second-order valence-corrected chi connectivity index (χ2v) is 4.36. The Bertz CT molecular complexity index is 613. The molecule has 0 aliphatic rings. The Kier molecular flexibility index (Phi) is 4.00. The van der Waals surface area contributed by atoms with Gasteiger partial charge in [0.1, 0.15) is 0 Å². The van der Waals surface area contributed by atoms with E-state index in [4.69, 9.17) is 4.74 Å². The minimum atomic E-state index is -0.218. The molecular formula is C15H17NO3. The summed E-state index contributed by atoms with van der Waals surface area (Å²) < 4.78 is 6.84. The quantitative estimate of drug-likeness (QED) is 0.612. The molecule has 1 aromatic carbocycles. The van der Waals surface area contributed by atoms with Crippen LogP contribution in [0.25, 0.3) is 10.9 Å². The van der Waals surface area contributed by atoms with Crippen LogP contribution in [0, 0.1) is 0 Å². The highest BCUT2D eigenvalue weighted by Crippen LogP contribution is 2.22. The van der Waals surface area contributed by atoms with E-state index in [1.165, 1.54) is 0 Å². The molecule has 0 saturated carbocycles. The Morgan fingerprint density at radius 3 is 2.68 bits per heavy atom. The summed E-state index contributed by atoms with van der Waals surface area (Å²) in [6, 6.07) is 7.71. The number of carbonyl (C=O) groups is 2. The molecule has 19 heavy (non-hydrogen) atoms. The van der Waals surface area contributed by atoms with E-state index in [1.807, 2.05) is 35.0 Å². The zero-order valence-corrected chi connectivity index (χ0v) is 11.2. The maximum Gasteiger partial charge on any atom is 0.307 e. The standard InChI is InChI=1S/C15H17NO3/c1-3-19-15(18)8-9-16-10-13(11(2)17)12-6-4-5-7-14(12)16/h4-7,10H,3,8-9H2,1-2H3. The van der Waals surface area contributed by atoms with Crippen molar-refractivity contribution in [1.29, 1.82) is 0 Å². The Morgan fingerprint density at radius 2 is 2.00 bits per heavy atom. The first-order valence-electron chi connectivity index (χ1n) is 6.38. The van der Waals surface area contributed by atoms with Crippen LogP contribution in [0.5, 0.6) is 0 Å². The molecule has 1 heterocycles. The molecular weight excluding hydrogens is 242 g/mol. The number of esters is 1. The Balaban J connectivity index is 2.28. The second-order valence-electron chi connectivity index (χ2n) is 4.36. The van der Waals surface area contributed by atoms with Crippen LogP contribution < -0.4 is 0 Å². The van der Waals surface area contributed by atoms with Crippen molar-refractivity contribution in [2.75, 3.05) is 6.61 Å². The summed E-state index contributed by atoms with van der Waals surface area (Å²) in [4.78, 5) is 23.0. The SMILES string of the molecule is CCOC(=O)CCn1cc(C(C)=O)c2ccccc21. The van der Waals surface area contributed by atoms with Gasteiger partial charge in [0.15, 0.2) is 5.78 Å². The molecule has 2 aromatic rings. The lowest BCUT2D eigenvalue weighted by Crippen LogP contribution is -2.08. The normalized spacial score (nSPS) is 10.6. The van der Waals surface area contributed by atoms with Gasteiger partial charge in [0.05, 0.1) is 13.0 Å². The highest BCUT2D eigenvalue weighted by molar-refractivity contribution is 6.06. The highest BCUT2D eigenvalue weighted by atomic mass is 16.5. The summed E-state index contributed by atoms with van der Waals surface area (Å²) in [5, 5.41) is 0.929. The first-order valence-corrected chi connectivity index (χ1v) is 6.38. The van der Waals surface area contributed by atoms with Crippen molar-refractivity contribution in [3.63, 3.8) is 0 Å². The lowest BCUT2D eigenvalue weighted by molar-refractivity contribution is -0.143. The predicted molar refractivity (Wildman–Crippen MR) is 73.2 cm³/mol. The highest BCUT2D eigenvalue weighted by Gasteiger charge is 2.12. The summed E-state index contributed by atoms with van der Waals surface area (Å²) in [5.74, 6) is -0.184. The van der Waals surface area contributed by atoms with Gasteiger partial charge in [0.2, 0.25) is 0 Å². The van der Waals surface area contributed by atoms with Gasteiger partial charge in [-0.3, -0.25) is 9.59 Å². The van der Waals surface area contributed by atoms with Gasteiger partial charge in [-0.1, -0.05) is 18.2 Å². The van der Waals surface area contributed by atoms with Gasteiger partial charge in [0.25, 0.3) is 0 Å². The van der Waals surface area contributed by atoms with E-state index < -0.39 is 0 Å². The van der Waals surface area contributed by atoms with Crippen molar-refractivity contribution in [2.45, 2.75) is 26.8 Å². The number of hydrogen-bond donors (Lipinski definition) is 0. The molecule has 100 valence electrons. The fourth-order valence-electron chi connectivity index (χ4n) is 2.16. The first-order chi connectivity index (χ1) is 9.13. The largest absolute Gasteiger partial charge is 0.466 e. The first kappa shape index (κ1) is 13.3. The summed E-state index contributed by atoms with van der Waals surface area (Å²) in [7, 11) is 0. The number of fused-ring (bicyclic) bond motifs is 1. The minimum absolute atomic E-state index is 0.0334. The van der Waals surface area contributed by atoms with Gasteiger partial charge in [0, 0.05) is 29.2 Å². The maximum atomic E-state index is 11.6. The van der Waals surface area contributed by atoms with Crippen molar-refractivity contribution in [3.05, 3.63) is 36.0 Å². The van der Waals surface area contributed by atoms with E-state index in [0.717, 1.165) is 10.9 Å². The van der Waals surface area contributed by atoms with Crippen LogP contribution in [0.4, 0.5) is 0 Å². The average Bonchev–Trinajstić information content (AvgIpc) is 2.76. The maximum absolute atomic E-state index is 11.6. The molecule has 0 spiro atoms. The molecule has 0 atom stereocenters. The number of para-hydroxylation sites is 1. The molecule has 4 nitrogen and oxygen atoms in total. The number of Topliss-reactive ketones (excluding diaryl/α,β-unsaturated/α-hetero) is 1. The molecule has 0 saturated heterocycles. The van der Waals surface area contributed by atoms with Gasteiger partial charge < -0.3 is 9.30 Å². The molecule has 0 amide bonds. The topological polar surface area (TPSA) is 48.3 Å². The lowest BCUT2D eigenvalue weighted by atomic mass is 10.1. The van der Waals surface area contributed by atoms with Gasteiger partial charge in [-0.05, 0) is 19.9 Å². The van der Waals surface area contributed by atoms with E-state index in [0.29, 0.717) is 25.1 Å². The number of benzene rings is 1. The molecule has 0 aliphatic heterocycles. The summed E-state index contributed by atoms with van der Waals surface area (Å²) in [5.41, 5.74) is 1.66. The molecule has 4 heteroatoms. The van der Waals surface area contributed by atoms with E-state index in [1.54, 1.807) is 13.8 Å². The van der Waals surface area contributed by atoms with Crippen LogP contribution in [-0.2, 0) is 16.1 Å². The second kappa shape index (κ2) is 5.69. The van der Waals surface area contributed by atoms with E-state index in [9.17, 15) is 9.59 Å². The van der Waals surface area contributed by atoms with E-state index in [-0.39, 0.29) is 11.8 Å². The fraction of sp³-hybridized carbons (Fsp3) is 0.333. The van der Waals surface area contributed by atoms with Gasteiger partial charge in [-0.15, -0.1) is 0 Å². The van der Waals surface area contributed by atoms with Gasteiger partial charge >= 0.3 is 5.97 Å². The molecule has 2 rings (SSSR count). The third-order valence-electron chi connectivity index (χ3n) is 3.03. The summed E-state index contributed by atoms with van der Waals surface area (Å²) in [6.45, 7) is 4.25. The Hall–Kier alpha value is -2.10. The van der Waals surface area contributed by atoms with Crippen LogP contribution >= 0.6 is 0 Å². The predicted octanol–water partition coefficient (Wildman–Crippen LogP) is 2.80. The minimum Gasteiger partial charge on any atom is -0.466 e. The number of aromatic nitrogens is 1. The molecule has 0 radical (unpaired) electrons. The number of ether oxygens (including phenoxy) is 1. The number of nitrogens with zero attached hydrogens (tertiary/aromatic N) is 1.